The molecule has 15 heavy (non-hydrogen) atoms. The average molecular weight is 215 g/mol. The molecule has 4 heteroatoms. The average Bonchev–Trinajstić information content (AvgIpc) is 2.66. The predicted molar refractivity (Wildman–Crippen MR) is 57.3 cm³/mol. The van der Waals surface area contributed by atoms with Gasteiger partial charge in [0.2, 0.25) is 0 Å². The lowest BCUT2D eigenvalue weighted by Gasteiger charge is -2.18. The fourth-order valence-electron chi connectivity index (χ4n) is 1.72. The van der Waals surface area contributed by atoms with Crippen LogP contribution in [0, 0.1) is 11.8 Å². The molecule has 1 rings (SSSR count). The van der Waals surface area contributed by atoms with E-state index < -0.39 is 0 Å². The van der Waals surface area contributed by atoms with Crippen LogP contribution in [-0.4, -0.2) is 31.8 Å². The van der Waals surface area contributed by atoms with Gasteiger partial charge < -0.3 is 15.2 Å². The summed E-state index contributed by atoms with van der Waals surface area (Å²) in [6.07, 6.45) is 1.55. The Morgan fingerprint density at radius 3 is 2.80 bits per heavy atom. The number of nitrogens with two attached hydrogens (primary N) is 1. The Kier molecular flexibility index (Phi) is 5.05. The summed E-state index contributed by atoms with van der Waals surface area (Å²) in [5.74, 6) is 0.137. The Morgan fingerprint density at radius 1 is 1.60 bits per heavy atom. The van der Waals surface area contributed by atoms with Crippen molar-refractivity contribution in [3.05, 3.63) is 0 Å². The van der Waals surface area contributed by atoms with Crippen molar-refractivity contribution in [2.75, 3.05) is 19.8 Å². The van der Waals surface area contributed by atoms with Gasteiger partial charge in [0.15, 0.2) is 0 Å². The van der Waals surface area contributed by atoms with Gasteiger partial charge in [0.05, 0.1) is 19.1 Å². The second kappa shape index (κ2) is 6.08. The number of hydrogen-bond acceptors (Lipinski definition) is 4. The van der Waals surface area contributed by atoms with Gasteiger partial charge in [0, 0.05) is 13.0 Å². The van der Waals surface area contributed by atoms with E-state index in [1.165, 1.54) is 0 Å². The smallest absolute Gasteiger partial charge is 0.310 e. The van der Waals surface area contributed by atoms with Gasteiger partial charge in [0.25, 0.3) is 0 Å². The number of hydrogen-bond donors (Lipinski definition) is 1. The van der Waals surface area contributed by atoms with Gasteiger partial charge in [-0.2, -0.15) is 0 Å². The first-order valence-corrected chi connectivity index (χ1v) is 5.61. The van der Waals surface area contributed by atoms with Crippen molar-refractivity contribution in [3.63, 3.8) is 0 Å². The van der Waals surface area contributed by atoms with Gasteiger partial charge in [-0.25, -0.2) is 0 Å². The van der Waals surface area contributed by atoms with Crippen molar-refractivity contribution in [2.45, 2.75) is 32.8 Å². The van der Waals surface area contributed by atoms with Crippen molar-refractivity contribution in [3.8, 4) is 0 Å². The van der Waals surface area contributed by atoms with Crippen LogP contribution >= 0.6 is 0 Å². The maximum atomic E-state index is 11.7. The van der Waals surface area contributed by atoms with E-state index in [2.05, 4.69) is 13.8 Å². The second-order valence-corrected chi connectivity index (χ2v) is 4.48. The number of carbonyl (C=O) groups excluding carboxylic acids is 1. The Balaban J connectivity index is 2.34. The van der Waals surface area contributed by atoms with Crippen molar-refractivity contribution in [2.24, 2.45) is 17.6 Å². The third-order valence-corrected chi connectivity index (χ3v) is 2.54. The molecule has 0 aliphatic carbocycles. The fourth-order valence-corrected chi connectivity index (χ4v) is 1.72. The zero-order chi connectivity index (χ0) is 11.3. The highest BCUT2D eigenvalue weighted by Gasteiger charge is 2.25. The lowest BCUT2D eigenvalue weighted by Crippen LogP contribution is -2.30. The van der Waals surface area contributed by atoms with E-state index in [1.54, 1.807) is 0 Å². The third-order valence-electron chi connectivity index (χ3n) is 2.54. The van der Waals surface area contributed by atoms with Crippen LogP contribution in [0.3, 0.4) is 0 Å². The SMILES string of the molecule is CC(C)CC(CN)C(=O)OC1CCOC1. The van der Waals surface area contributed by atoms with Crippen LogP contribution < -0.4 is 5.73 Å². The molecule has 0 spiro atoms. The molecule has 2 N–H and O–H groups in total. The molecule has 0 radical (unpaired) electrons. The first-order valence-electron chi connectivity index (χ1n) is 5.61. The van der Waals surface area contributed by atoms with Crippen molar-refractivity contribution < 1.29 is 14.3 Å². The monoisotopic (exact) mass is 215 g/mol. The molecule has 1 aliphatic heterocycles. The summed E-state index contributed by atoms with van der Waals surface area (Å²) in [7, 11) is 0. The molecule has 0 bridgehead atoms. The third kappa shape index (κ3) is 4.18. The van der Waals surface area contributed by atoms with E-state index in [4.69, 9.17) is 15.2 Å². The standard InChI is InChI=1S/C11H21NO3/c1-8(2)5-9(6-12)11(13)15-10-3-4-14-7-10/h8-10H,3-7,12H2,1-2H3. The molecule has 1 fully saturated rings. The summed E-state index contributed by atoms with van der Waals surface area (Å²) in [5, 5.41) is 0. The van der Waals surface area contributed by atoms with Crippen LogP contribution in [-0.2, 0) is 14.3 Å². The minimum Gasteiger partial charge on any atom is -0.460 e. The van der Waals surface area contributed by atoms with Crippen LogP contribution in [0.2, 0.25) is 0 Å². The maximum absolute atomic E-state index is 11.7. The number of carbonyl (C=O) groups is 1. The van der Waals surface area contributed by atoms with E-state index in [0.29, 0.717) is 25.7 Å². The first kappa shape index (κ1) is 12.5. The highest BCUT2D eigenvalue weighted by Crippen LogP contribution is 2.16. The van der Waals surface area contributed by atoms with E-state index in [9.17, 15) is 4.79 Å². The number of ether oxygens (including phenoxy) is 2. The second-order valence-electron chi connectivity index (χ2n) is 4.48. The molecule has 2 atom stereocenters. The van der Waals surface area contributed by atoms with Crippen LogP contribution in [0.15, 0.2) is 0 Å². The van der Waals surface area contributed by atoms with E-state index in [-0.39, 0.29) is 18.0 Å². The summed E-state index contributed by atoms with van der Waals surface area (Å²) in [4.78, 5) is 11.7. The van der Waals surface area contributed by atoms with Crippen molar-refractivity contribution in [1.82, 2.24) is 0 Å². The molecule has 1 aliphatic rings. The van der Waals surface area contributed by atoms with Gasteiger partial charge in [-0.15, -0.1) is 0 Å². The van der Waals surface area contributed by atoms with Crippen molar-refractivity contribution in [1.29, 1.82) is 0 Å². The Morgan fingerprint density at radius 2 is 2.33 bits per heavy atom. The van der Waals surface area contributed by atoms with Crippen LogP contribution in [0.5, 0.6) is 0 Å². The summed E-state index contributed by atoms with van der Waals surface area (Å²) >= 11 is 0. The van der Waals surface area contributed by atoms with Crippen LogP contribution in [0.1, 0.15) is 26.7 Å². The minimum absolute atomic E-state index is 0.0567. The fraction of sp³-hybridized carbons (Fsp3) is 0.909. The van der Waals surface area contributed by atoms with Crippen LogP contribution in [0.4, 0.5) is 0 Å². The molecule has 0 amide bonds. The molecule has 88 valence electrons. The molecular weight excluding hydrogens is 194 g/mol. The van der Waals surface area contributed by atoms with Crippen molar-refractivity contribution >= 4 is 5.97 Å². The predicted octanol–water partition coefficient (Wildman–Crippen LogP) is 0.940. The normalized spacial score (nSPS) is 23.1. The molecule has 0 saturated carbocycles. The number of esters is 1. The quantitative estimate of drug-likeness (QED) is 0.693. The topological polar surface area (TPSA) is 61.6 Å². The zero-order valence-electron chi connectivity index (χ0n) is 9.57. The summed E-state index contributed by atoms with van der Waals surface area (Å²) in [5.41, 5.74) is 5.56. The maximum Gasteiger partial charge on any atom is 0.310 e. The highest BCUT2D eigenvalue weighted by atomic mass is 16.6. The van der Waals surface area contributed by atoms with Gasteiger partial charge in [-0.1, -0.05) is 13.8 Å². The molecule has 0 aromatic carbocycles. The molecular formula is C11H21NO3. The summed E-state index contributed by atoms with van der Waals surface area (Å²) in [6.45, 7) is 5.74. The molecule has 4 nitrogen and oxygen atoms in total. The van der Waals surface area contributed by atoms with E-state index in [0.717, 1.165) is 12.8 Å². The van der Waals surface area contributed by atoms with Gasteiger partial charge in [-0.3, -0.25) is 4.79 Å². The molecule has 0 aromatic heterocycles. The Hall–Kier alpha value is -0.610. The van der Waals surface area contributed by atoms with Gasteiger partial charge >= 0.3 is 5.97 Å². The number of rotatable bonds is 5. The first-order chi connectivity index (χ1) is 7.13. The Labute approximate surface area is 91.1 Å². The molecule has 0 aromatic rings. The molecule has 1 heterocycles. The Bertz CT molecular complexity index is 200. The lowest BCUT2D eigenvalue weighted by molar-refractivity contribution is -0.154. The van der Waals surface area contributed by atoms with Gasteiger partial charge in [-0.05, 0) is 12.3 Å². The molecule has 1 saturated heterocycles. The van der Waals surface area contributed by atoms with Gasteiger partial charge in [0.1, 0.15) is 6.10 Å². The summed E-state index contributed by atoms with van der Waals surface area (Å²) < 4.78 is 10.5. The largest absolute Gasteiger partial charge is 0.460 e. The molecule has 2 unspecified atom stereocenters. The zero-order valence-corrected chi connectivity index (χ0v) is 9.57. The summed E-state index contributed by atoms with van der Waals surface area (Å²) in [6, 6.07) is 0. The van der Waals surface area contributed by atoms with Crippen LogP contribution in [0.25, 0.3) is 0 Å². The van der Waals surface area contributed by atoms with E-state index in [1.807, 2.05) is 0 Å². The van der Waals surface area contributed by atoms with E-state index >= 15 is 0 Å². The highest BCUT2D eigenvalue weighted by molar-refractivity contribution is 5.72. The minimum atomic E-state index is -0.165. The lowest BCUT2D eigenvalue weighted by atomic mass is 9.97.